The fourth-order valence-corrected chi connectivity index (χ4v) is 3.28. The molecular formula is C22H30BrN3O5. The molecular weight excluding hydrogens is 466 g/mol. The molecule has 0 saturated heterocycles. The lowest BCUT2D eigenvalue weighted by atomic mass is 10.2. The number of hydrogen-bond acceptors (Lipinski definition) is 6. The smallest absolute Gasteiger partial charge is 0.273 e. The van der Waals surface area contributed by atoms with Crippen LogP contribution in [0.2, 0.25) is 0 Å². The molecule has 0 saturated carbocycles. The van der Waals surface area contributed by atoms with Gasteiger partial charge in [-0.1, -0.05) is 12.1 Å². The average Bonchev–Trinajstić information content (AvgIpc) is 3.24. The first-order chi connectivity index (χ1) is 15.1. The van der Waals surface area contributed by atoms with E-state index in [0.29, 0.717) is 61.9 Å². The van der Waals surface area contributed by atoms with Crippen LogP contribution in [0, 0.1) is 0 Å². The summed E-state index contributed by atoms with van der Waals surface area (Å²) < 4.78 is 16.8. The molecule has 0 aliphatic carbocycles. The van der Waals surface area contributed by atoms with E-state index in [4.69, 9.17) is 13.9 Å². The van der Waals surface area contributed by atoms with E-state index < -0.39 is 0 Å². The molecule has 0 bridgehead atoms. The zero-order valence-electron chi connectivity index (χ0n) is 18.1. The van der Waals surface area contributed by atoms with Crippen molar-refractivity contribution in [3.8, 4) is 0 Å². The van der Waals surface area contributed by atoms with Crippen molar-refractivity contribution >= 4 is 27.7 Å². The van der Waals surface area contributed by atoms with Gasteiger partial charge >= 0.3 is 0 Å². The Morgan fingerprint density at radius 3 is 2.55 bits per heavy atom. The van der Waals surface area contributed by atoms with Crippen molar-refractivity contribution in [3.63, 3.8) is 0 Å². The van der Waals surface area contributed by atoms with Crippen LogP contribution in [0.25, 0.3) is 0 Å². The number of carbonyl (C=O) groups excluding carboxylic acids is 2. The Balaban J connectivity index is 2.01. The van der Waals surface area contributed by atoms with Crippen LogP contribution in [-0.2, 0) is 16.0 Å². The molecule has 31 heavy (non-hydrogen) atoms. The van der Waals surface area contributed by atoms with Gasteiger partial charge in [-0.15, -0.1) is 0 Å². The van der Waals surface area contributed by atoms with Gasteiger partial charge in [-0.2, -0.15) is 0 Å². The van der Waals surface area contributed by atoms with E-state index in [0.717, 1.165) is 6.42 Å². The maximum atomic E-state index is 13.1. The van der Waals surface area contributed by atoms with E-state index in [1.54, 1.807) is 11.0 Å². The Morgan fingerprint density at radius 2 is 1.84 bits per heavy atom. The number of aromatic nitrogens is 1. The number of carbonyl (C=O) groups is 2. The van der Waals surface area contributed by atoms with Crippen LogP contribution in [-0.4, -0.2) is 61.2 Å². The molecule has 0 radical (unpaired) electrons. The molecule has 1 heterocycles. The van der Waals surface area contributed by atoms with Crippen molar-refractivity contribution in [3.05, 3.63) is 52.1 Å². The standard InChI is InChI=1S/C22H30BrN3O5/c1-3-29-13-7-11-24-21(27)19-16-31-20(25-19)15-26(12-8-14-30-4-2)22(28)17-9-5-6-10-18(17)23/h5-6,9-10,16H,3-4,7-8,11-15H2,1-2H3,(H,24,27). The monoisotopic (exact) mass is 495 g/mol. The summed E-state index contributed by atoms with van der Waals surface area (Å²) >= 11 is 3.43. The third-order valence-electron chi connectivity index (χ3n) is 4.38. The van der Waals surface area contributed by atoms with E-state index in [1.807, 2.05) is 32.0 Å². The minimum absolute atomic E-state index is 0.149. The molecule has 8 nitrogen and oxygen atoms in total. The van der Waals surface area contributed by atoms with Gasteiger partial charge < -0.3 is 24.1 Å². The second-order valence-corrected chi connectivity index (χ2v) is 7.54. The highest BCUT2D eigenvalue weighted by atomic mass is 79.9. The highest BCUT2D eigenvalue weighted by Gasteiger charge is 2.21. The number of ether oxygens (including phenoxy) is 2. The molecule has 0 unspecified atom stereocenters. The molecule has 170 valence electrons. The van der Waals surface area contributed by atoms with Gasteiger partial charge in [0.25, 0.3) is 11.8 Å². The highest BCUT2D eigenvalue weighted by molar-refractivity contribution is 9.10. The van der Waals surface area contributed by atoms with Crippen molar-refractivity contribution in [2.75, 3.05) is 39.5 Å². The molecule has 2 aromatic rings. The predicted molar refractivity (Wildman–Crippen MR) is 120 cm³/mol. The number of halogens is 1. The fraction of sp³-hybridized carbons (Fsp3) is 0.500. The number of hydrogen-bond donors (Lipinski definition) is 1. The van der Waals surface area contributed by atoms with Crippen LogP contribution < -0.4 is 5.32 Å². The molecule has 0 spiro atoms. The van der Waals surface area contributed by atoms with Crippen LogP contribution in [0.4, 0.5) is 0 Å². The van der Waals surface area contributed by atoms with Gasteiger partial charge in [-0.05, 0) is 54.8 Å². The van der Waals surface area contributed by atoms with Crippen molar-refractivity contribution in [2.45, 2.75) is 33.2 Å². The number of amides is 2. The van der Waals surface area contributed by atoms with Crippen molar-refractivity contribution in [2.24, 2.45) is 0 Å². The number of nitrogens with zero attached hydrogens (tertiary/aromatic N) is 2. The first kappa shape index (κ1) is 25.0. The first-order valence-electron chi connectivity index (χ1n) is 10.5. The lowest BCUT2D eigenvalue weighted by Gasteiger charge is -2.22. The van der Waals surface area contributed by atoms with Crippen LogP contribution in [0.3, 0.4) is 0 Å². The number of nitrogens with one attached hydrogen (secondary N) is 1. The molecule has 1 aromatic carbocycles. The second kappa shape index (κ2) is 14.0. The van der Waals surface area contributed by atoms with Gasteiger partial charge in [0.1, 0.15) is 6.26 Å². The van der Waals surface area contributed by atoms with Gasteiger partial charge in [0, 0.05) is 44.0 Å². The molecule has 1 N–H and O–H groups in total. The third-order valence-corrected chi connectivity index (χ3v) is 5.07. The summed E-state index contributed by atoms with van der Waals surface area (Å²) in [6.45, 7) is 7.40. The maximum absolute atomic E-state index is 13.1. The van der Waals surface area contributed by atoms with Gasteiger partial charge in [0.05, 0.1) is 12.1 Å². The van der Waals surface area contributed by atoms with E-state index in [2.05, 4.69) is 26.2 Å². The Morgan fingerprint density at radius 1 is 1.13 bits per heavy atom. The van der Waals surface area contributed by atoms with Gasteiger partial charge in [0.15, 0.2) is 5.69 Å². The zero-order valence-corrected chi connectivity index (χ0v) is 19.7. The lowest BCUT2D eigenvalue weighted by Crippen LogP contribution is -2.32. The Labute approximate surface area is 191 Å². The predicted octanol–water partition coefficient (Wildman–Crippen LogP) is 3.66. The van der Waals surface area contributed by atoms with E-state index >= 15 is 0 Å². The van der Waals surface area contributed by atoms with Crippen LogP contribution in [0.5, 0.6) is 0 Å². The minimum atomic E-state index is -0.313. The Kier molecular flexibility index (Phi) is 11.3. The minimum Gasteiger partial charge on any atom is -0.446 e. The Bertz CT molecular complexity index is 827. The van der Waals surface area contributed by atoms with Gasteiger partial charge in [-0.3, -0.25) is 9.59 Å². The Hall–Kier alpha value is -2.23. The zero-order chi connectivity index (χ0) is 22.5. The molecule has 2 amide bonds. The molecule has 0 atom stereocenters. The number of oxazole rings is 1. The van der Waals surface area contributed by atoms with Crippen LogP contribution in [0.15, 0.2) is 39.4 Å². The topological polar surface area (TPSA) is 93.9 Å². The fourth-order valence-electron chi connectivity index (χ4n) is 2.82. The van der Waals surface area contributed by atoms with E-state index in [1.165, 1.54) is 6.26 Å². The van der Waals surface area contributed by atoms with Crippen molar-refractivity contribution < 1.29 is 23.5 Å². The molecule has 2 rings (SSSR count). The highest BCUT2D eigenvalue weighted by Crippen LogP contribution is 2.19. The normalized spacial score (nSPS) is 10.8. The summed E-state index contributed by atoms with van der Waals surface area (Å²) in [4.78, 5) is 31.2. The van der Waals surface area contributed by atoms with Gasteiger partial charge in [-0.25, -0.2) is 4.98 Å². The lowest BCUT2D eigenvalue weighted by molar-refractivity contribution is 0.0694. The summed E-state index contributed by atoms with van der Waals surface area (Å²) in [6.07, 6.45) is 2.71. The van der Waals surface area contributed by atoms with E-state index in [-0.39, 0.29) is 24.1 Å². The molecule has 9 heteroatoms. The van der Waals surface area contributed by atoms with E-state index in [9.17, 15) is 9.59 Å². The van der Waals surface area contributed by atoms with Crippen LogP contribution in [0.1, 0.15) is 53.4 Å². The molecule has 0 aliphatic heterocycles. The molecule has 0 aliphatic rings. The molecule has 1 aromatic heterocycles. The van der Waals surface area contributed by atoms with Crippen molar-refractivity contribution in [1.29, 1.82) is 0 Å². The van der Waals surface area contributed by atoms with Crippen molar-refractivity contribution in [1.82, 2.24) is 15.2 Å². The summed E-state index contributed by atoms with van der Waals surface area (Å²) in [5.41, 5.74) is 0.742. The summed E-state index contributed by atoms with van der Waals surface area (Å²) in [6, 6.07) is 7.26. The second-order valence-electron chi connectivity index (χ2n) is 6.69. The quantitative estimate of drug-likeness (QED) is 0.402. The first-order valence-corrected chi connectivity index (χ1v) is 11.3. The third kappa shape index (κ3) is 8.43. The summed E-state index contributed by atoms with van der Waals surface area (Å²) in [7, 11) is 0. The summed E-state index contributed by atoms with van der Waals surface area (Å²) in [5, 5.41) is 2.78. The van der Waals surface area contributed by atoms with Crippen LogP contribution >= 0.6 is 15.9 Å². The average molecular weight is 496 g/mol. The number of rotatable bonds is 14. The summed E-state index contributed by atoms with van der Waals surface area (Å²) in [5.74, 6) is -0.160. The molecule has 0 fully saturated rings. The SMILES string of the molecule is CCOCCCNC(=O)c1coc(CN(CCCOCC)C(=O)c2ccccc2Br)n1. The number of benzene rings is 1. The maximum Gasteiger partial charge on any atom is 0.273 e. The largest absolute Gasteiger partial charge is 0.446 e. The van der Waals surface area contributed by atoms with Gasteiger partial charge in [0.2, 0.25) is 5.89 Å².